The number of hydrogen-bond acceptors (Lipinski definition) is 9. The van der Waals surface area contributed by atoms with Crippen LogP contribution in [0.1, 0.15) is 40.5 Å². The van der Waals surface area contributed by atoms with Gasteiger partial charge in [0.25, 0.3) is 0 Å². The van der Waals surface area contributed by atoms with Gasteiger partial charge < -0.3 is 19.7 Å². The lowest BCUT2D eigenvalue weighted by Gasteiger charge is -2.45. The Morgan fingerprint density at radius 2 is 2.05 bits per heavy atom. The third-order valence-electron chi connectivity index (χ3n) is 7.43. The first-order chi connectivity index (χ1) is 18.7. The Labute approximate surface area is 231 Å². The number of para-hydroxylation sites is 1. The number of carbonyl (C=O) groups is 1. The molecule has 1 amide bonds. The highest BCUT2D eigenvalue weighted by molar-refractivity contribution is 7.99. The minimum atomic E-state index is -0.571. The van der Waals surface area contributed by atoms with E-state index in [1.165, 1.54) is 11.8 Å². The van der Waals surface area contributed by atoms with E-state index < -0.39 is 11.7 Å². The van der Waals surface area contributed by atoms with Gasteiger partial charge in [-0.15, -0.1) is 0 Å². The summed E-state index contributed by atoms with van der Waals surface area (Å²) in [6, 6.07) is 7.82. The lowest BCUT2D eigenvalue weighted by Crippen LogP contribution is -2.60. The molecule has 0 saturated carbocycles. The van der Waals surface area contributed by atoms with Crippen LogP contribution >= 0.6 is 11.8 Å². The smallest absolute Gasteiger partial charge is 0.407 e. The van der Waals surface area contributed by atoms with E-state index in [1.54, 1.807) is 12.5 Å². The van der Waals surface area contributed by atoms with Gasteiger partial charge in [-0.3, -0.25) is 4.40 Å². The van der Waals surface area contributed by atoms with E-state index in [1.807, 2.05) is 61.8 Å². The van der Waals surface area contributed by atoms with Crippen molar-refractivity contribution < 1.29 is 14.3 Å². The first-order valence-corrected chi connectivity index (χ1v) is 14.1. The number of anilines is 1. The van der Waals surface area contributed by atoms with Crippen molar-refractivity contribution in [2.24, 2.45) is 5.41 Å². The predicted octanol–water partition coefficient (Wildman–Crippen LogP) is 4.72. The van der Waals surface area contributed by atoms with Gasteiger partial charge in [-0.25, -0.2) is 24.7 Å². The topological polar surface area (TPSA) is 107 Å². The second kappa shape index (κ2) is 9.95. The van der Waals surface area contributed by atoms with Crippen LogP contribution in [0.25, 0.3) is 16.6 Å². The Hall–Kier alpha value is -3.44. The van der Waals surface area contributed by atoms with Crippen molar-refractivity contribution in [3.8, 4) is 0 Å². The molecule has 2 unspecified atom stereocenters. The Kier molecular flexibility index (Phi) is 6.58. The van der Waals surface area contributed by atoms with Crippen LogP contribution in [-0.4, -0.2) is 67.9 Å². The van der Waals surface area contributed by atoms with E-state index >= 15 is 0 Å². The summed E-state index contributed by atoms with van der Waals surface area (Å²) >= 11 is 1.53. The van der Waals surface area contributed by atoms with E-state index in [-0.39, 0.29) is 17.6 Å². The van der Waals surface area contributed by atoms with E-state index in [0.29, 0.717) is 13.2 Å². The number of aromatic nitrogens is 5. The Morgan fingerprint density at radius 1 is 1.21 bits per heavy atom. The SMILES string of the molecule is C[C@H]1CC2(CCN(c3ncc(Sc4ncnc5ccccc45)c4nccn34)CC2NC(=O)OC(C)(C)C)CO1. The number of alkyl carbamates (subject to hydrolysis) is 1. The molecule has 11 heteroatoms. The quantitative estimate of drug-likeness (QED) is 0.363. The number of imidazole rings is 1. The summed E-state index contributed by atoms with van der Waals surface area (Å²) in [5, 5.41) is 5.03. The summed E-state index contributed by atoms with van der Waals surface area (Å²) in [6.07, 6.45) is 8.70. The van der Waals surface area contributed by atoms with Gasteiger partial charge >= 0.3 is 6.09 Å². The number of fused-ring (bicyclic) bond motifs is 2. The zero-order chi connectivity index (χ0) is 27.2. The van der Waals surface area contributed by atoms with Crippen molar-refractivity contribution in [3.05, 3.63) is 49.2 Å². The summed E-state index contributed by atoms with van der Waals surface area (Å²) in [7, 11) is 0. The van der Waals surface area contributed by atoms with Gasteiger partial charge in [-0.1, -0.05) is 30.0 Å². The van der Waals surface area contributed by atoms with Gasteiger partial charge in [-0.2, -0.15) is 0 Å². The van der Waals surface area contributed by atoms with Crippen molar-refractivity contribution in [1.82, 2.24) is 29.7 Å². The molecule has 0 radical (unpaired) electrons. The lowest BCUT2D eigenvalue weighted by atomic mass is 9.73. The average molecular weight is 548 g/mol. The summed E-state index contributed by atoms with van der Waals surface area (Å²) in [5.41, 5.74) is 1.00. The standard InChI is InChI=1S/C28H33N7O3S/c1-18-13-28(16-37-18)9-11-34(15-22(28)33-26(36)38-27(2,3)4)25-30-14-21(23-29-10-12-35(23)25)39-24-19-7-5-6-8-20(19)31-17-32-24/h5-8,10,12,14,17-18,22H,9,11,13,15-16H2,1-4H3,(H,33,36)/t18-,22?,28?/m0/s1. The Balaban J connectivity index is 1.29. The van der Waals surface area contributed by atoms with Crippen LogP contribution in [0.3, 0.4) is 0 Å². The van der Waals surface area contributed by atoms with Crippen LogP contribution < -0.4 is 10.2 Å². The molecule has 2 fully saturated rings. The molecule has 2 aliphatic rings. The maximum Gasteiger partial charge on any atom is 0.407 e. The second-order valence-corrected chi connectivity index (χ2v) is 12.5. The zero-order valence-electron chi connectivity index (χ0n) is 22.6. The average Bonchev–Trinajstić information content (AvgIpc) is 3.53. The molecule has 0 aliphatic carbocycles. The molecule has 1 N–H and O–H groups in total. The highest BCUT2D eigenvalue weighted by Gasteiger charge is 2.49. The number of ether oxygens (including phenoxy) is 2. The Morgan fingerprint density at radius 3 is 2.85 bits per heavy atom. The van der Waals surface area contributed by atoms with Gasteiger partial charge in [0.05, 0.1) is 29.2 Å². The number of piperidine rings is 1. The molecule has 10 nitrogen and oxygen atoms in total. The summed E-state index contributed by atoms with van der Waals surface area (Å²) < 4.78 is 13.6. The molecular formula is C28H33N7O3S. The lowest BCUT2D eigenvalue weighted by molar-refractivity contribution is 0.0385. The number of rotatable bonds is 4. The van der Waals surface area contributed by atoms with Crippen molar-refractivity contribution in [1.29, 1.82) is 0 Å². The van der Waals surface area contributed by atoms with E-state index in [9.17, 15) is 4.79 Å². The maximum atomic E-state index is 12.8. The van der Waals surface area contributed by atoms with E-state index in [4.69, 9.17) is 14.5 Å². The molecule has 6 rings (SSSR count). The minimum absolute atomic E-state index is 0.134. The molecule has 1 aromatic carbocycles. The Bertz CT molecular complexity index is 1510. The fourth-order valence-electron chi connectivity index (χ4n) is 5.64. The van der Waals surface area contributed by atoms with Crippen LogP contribution in [-0.2, 0) is 9.47 Å². The molecular weight excluding hydrogens is 514 g/mol. The monoisotopic (exact) mass is 547 g/mol. The van der Waals surface area contributed by atoms with Crippen LogP contribution in [0.2, 0.25) is 0 Å². The largest absolute Gasteiger partial charge is 0.444 e. The highest BCUT2D eigenvalue weighted by atomic mass is 32.2. The second-order valence-electron chi connectivity index (χ2n) is 11.4. The number of hydrogen-bond donors (Lipinski definition) is 1. The maximum absolute atomic E-state index is 12.8. The highest BCUT2D eigenvalue weighted by Crippen LogP contribution is 2.43. The first-order valence-electron chi connectivity index (χ1n) is 13.3. The number of amides is 1. The normalized spacial score (nSPS) is 23.5. The molecule has 204 valence electrons. The van der Waals surface area contributed by atoms with E-state index in [0.717, 1.165) is 51.8 Å². The van der Waals surface area contributed by atoms with Gasteiger partial charge in [0.1, 0.15) is 17.0 Å². The molecule has 3 aromatic heterocycles. The molecule has 3 atom stereocenters. The van der Waals surface area contributed by atoms with Gasteiger partial charge in [-0.05, 0) is 46.6 Å². The third kappa shape index (κ3) is 5.12. The molecule has 1 spiro atoms. The van der Waals surface area contributed by atoms with Crippen LogP contribution in [0.5, 0.6) is 0 Å². The van der Waals surface area contributed by atoms with Gasteiger partial charge in [0, 0.05) is 42.5 Å². The van der Waals surface area contributed by atoms with E-state index in [2.05, 4.69) is 32.1 Å². The van der Waals surface area contributed by atoms with Gasteiger partial charge in [0.15, 0.2) is 5.65 Å². The fraction of sp³-hybridized carbons (Fsp3) is 0.464. The first kappa shape index (κ1) is 25.8. The summed E-state index contributed by atoms with van der Waals surface area (Å²) in [4.78, 5) is 34.4. The minimum Gasteiger partial charge on any atom is -0.444 e. The van der Waals surface area contributed by atoms with Crippen molar-refractivity contribution >= 4 is 40.4 Å². The number of nitrogens with zero attached hydrogens (tertiary/aromatic N) is 6. The number of nitrogens with one attached hydrogen (secondary N) is 1. The van der Waals surface area contributed by atoms with Crippen molar-refractivity contribution in [2.45, 2.75) is 68.2 Å². The zero-order valence-corrected chi connectivity index (χ0v) is 23.4. The molecule has 0 bridgehead atoms. The summed E-state index contributed by atoms with van der Waals surface area (Å²) in [6.45, 7) is 9.74. The van der Waals surface area contributed by atoms with Crippen molar-refractivity contribution in [2.75, 3.05) is 24.6 Å². The van der Waals surface area contributed by atoms with Crippen LogP contribution in [0.15, 0.2) is 59.1 Å². The molecule has 2 saturated heterocycles. The molecule has 5 heterocycles. The molecule has 39 heavy (non-hydrogen) atoms. The number of carbonyl (C=O) groups excluding carboxylic acids is 1. The van der Waals surface area contributed by atoms with Gasteiger partial charge in [0.2, 0.25) is 5.95 Å². The number of benzene rings is 1. The van der Waals surface area contributed by atoms with Crippen LogP contribution in [0, 0.1) is 5.41 Å². The summed E-state index contributed by atoms with van der Waals surface area (Å²) in [5.74, 6) is 0.789. The molecule has 4 aromatic rings. The third-order valence-corrected chi connectivity index (χ3v) is 8.46. The van der Waals surface area contributed by atoms with Crippen molar-refractivity contribution in [3.63, 3.8) is 0 Å². The fourth-order valence-corrected chi connectivity index (χ4v) is 6.58. The predicted molar refractivity (Wildman–Crippen MR) is 149 cm³/mol. The van der Waals surface area contributed by atoms with Crippen LogP contribution in [0.4, 0.5) is 10.7 Å². The molecule has 2 aliphatic heterocycles.